The fourth-order valence-electron chi connectivity index (χ4n) is 4.70. The van der Waals surface area contributed by atoms with Gasteiger partial charge in [0.1, 0.15) is 11.5 Å². The lowest BCUT2D eigenvalue weighted by Crippen LogP contribution is -2.33. The molecule has 2 heteroatoms. The van der Waals surface area contributed by atoms with Gasteiger partial charge in [-0.1, -0.05) is 69.9 Å². The van der Waals surface area contributed by atoms with Crippen LogP contribution in [0.5, 0.6) is 11.5 Å². The summed E-state index contributed by atoms with van der Waals surface area (Å²) in [5.41, 5.74) is 4.12. The van der Waals surface area contributed by atoms with E-state index in [9.17, 15) is 10.2 Å². The monoisotopic (exact) mass is 378 g/mol. The number of benzene rings is 2. The summed E-state index contributed by atoms with van der Waals surface area (Å²) in [5.74, 6) is 1.28. The van der Waals surface area contributed by atoms with Crippen molar-refractivity contribution in [2.24, 2.45) is 5.92 Å². The molecule has 1 aliphatic carbocycles. The molecule has 0 aromatic heterocycles. The lowest BCUT2D eigenvalue weighted by atomic mass is 9.64. The molecule has 2 unspecified atom stereocenters. The van der Waals surface area contributed by atoms with Gasteiger partial charge in [-0.3, -0.25) is 0 Å². The first-order chi connectivity index (χ1) is 13.5. The molecule has 0 aliphatic heterocycles. The van der Waals surface area contributed by atoms with Crippen LogP contribution in [0.4, 0.5) is 0 Å². The molecule has 0 radical (unpaired) electrons. The molecule has 0 saturated heterocycles. The summed E-state index contributed by atoms with van der Waals surface area (Å²) in [4.78, 5) is 0. The molecule has 1 aliphatic rings. The van der Waals surface area contributed by atoms with Crippen LogP contribution in [0.15, 0.2) is 54.6 Å². The van der Waals surface area contributed by atoms with Crippen molar-refractivity contribution in [3.63, 3.8) is 0 Å². The standard InChI is InChI=1S/C26H34O2/c1-3-4-5-6-19-26(2,23-13-17-25(28)18-14-23)22-11-7-20(8-12-22)21-9-15-24(27)16-10-21/h7,9-10,13-18,22,27-28H,3-6,8,11-12,19H2,1-2H3. The summed E-state index contributed by atoms with van der Waals surface area (Å²) >= 11 is 0. The van der Waals surface area contributed by atoms with Crippen molar-refractivity contribution in [3.8, 4) is 11.5 Å². The van der Waals surface area contributed by atoms with E-state index in [2.05, 4.69) is 32.1 Å². The first kappa shape index (κ1) is 20.5. The topological polar surface area (TPSA) is 40.5 Å². The summed E-state index contributed by atoms with van der Waals surface area (Å²) in [6, 6.07) is 15.5. The van der Waals surface area contributed by atoms with Crippen molar-refractivity contribution in [2.75, 3.05) is 0 Å². The number of phenols is 2. The van der Waals surface area contributed by atoms with Gasteiger partial charge in [-0.2, -0.15) is 0 Å². The summed E-state index contributed by atoms with van der Waals surface area (Å²) in [6.45, 7) is 4.69. The Kier molecular flexibility index (Phi) is 6.83. The van der Waals surface area contributed by atoms with Gasteiger partial charge in [-0.25, -0.2) is 0 Å². The van der Waals surface area contributed by atoms with Gasteiger partial charge < -0.3 is 10.2 Å². The third kappa shape index (κ3) is 4.79. The van der Waals surface area contributed by atoms with Crippen LogP contribution < -0.4 is 0 Å². The normalized spacial score (nSPS) is 19.1. The predicted octanol–water partition coefficient (Wildman–Crippen LogP) is 7.21. The Morgan fingerprint density at radius 3 is 2.11 bits per heavy atom. The Labute approximate surface area is 169 Å². The van der Waals surface area contributed by atoms with Gasteiger partial charge in [0.05, 0.1) is 0 Å². The lowest BCUT2D eigenvalue weighted by molar-refractivity contribution is 0.247. The van der Waals surface area contributed by atoms with Gasteiger partial charge in [0.25, 0.3) is 0 Å². The van der Waals surface area contributed by atoms with Gasteiger partial charge in [-0.05, 0) is 78.0 Å². The number of hydrogen-bond acceptors (Lipinski definition) is 2. The van der Waals surface area contributed by atoms with Gasteiger partial charge >= 0.3 is 0 Å². The maximum atomic E-state index is 9.73. The maximum absolute atomic E-state index is 9.73. The summed E-state index contributed by atoms with van der Waals surface area (Å²) in [6.07, 6.45) is 12.1. The Morgan fingerprint density at radius 1 is 0.893 bits per heavy atom. The van der Waals surface area contributed by atoms with E-state index in [1.54, 1.807) is 12.1 Å². The molecule has 0 saturated carbocycles. The van der Waals surface area contributed by atoms with Crippen LogP contribution in [-0.4, -0.2) is 10.2 Å². The molecule has 2 atom stereocenters. The first-order valence-corrected chi connectivity index (χ1v) is 10.8. The largest absolute Gasteiger partial charge is 0.508 e. The highest BCUT2D eigenvalue weighted by Gasteiger charge is 2.36. The number of rotatable bonds is 8. The van der Waals surface area contributed by atoms with Crippen molar-refractivity contribution in [2.45, 2.75) is 70.6 Å². The minimum atomic E-state index is 0.137. The van der Waals surface area contributed by atoms with Gasteiger partial charge in [0.15, 0.2) is 0 Å². The highest BCUT2D eigenvalue weighted by atomic mass is 16.3. The zero-order valence-electron chi connectivity index (χ0n) is 17.3. The second-order valence-corrected chi connectivity index (χ2v) is 8.52. The lowest BCUT2D eigenvalue weighted by Gasteiger charge is -2.40. The van der Waals surface area contributed by atoms with Crippen LogP contribution in [-0.2, 0) is 5.41 Å². The zero-order valence-corrected chi connectivity index (χ0v) is 17.3. The smallest absolute Gasteiger partial charge is 0.115 e. The summed E-state index contributed by atoms with van der Waals surface area (Å²) in [5, 5.41) is 19.3. The summed E-state index contributed by atoms with van der Waals surface area (Å²) in [7, 11) is 0. The molecular formula is C26H34O2. The molecule has 0 heterocycles. The molecule has 2 nitrogen and oxygen atoms in total. The van der Waals surface area contributed by atoms with Crippen LogP contribution in [0.2, 0.25) is 0 Å². The van der Waals surface area contributed by atoms with Crippen molar-refractivity contribution in [3.05, 3.63) is 65.7 Å². The first-order valence-electron chi connectivity index (χ1n) is 10.8. The van der Waals surface area contributed by atoms with Crippen molar-refractivity contribution in [1.82, 2.24) is 0 Å². The quantitative estimate of drug-likeness (QED) is 0.476. The minimum absolute atomic E-state index is 0.137. The second-order valence-electron chi connectivity index (χ2n) is 8.52. The molecule has 28 heavy (non-hydrogen) atoms. The van der Waals surface area contributed by atoms with Gasteiger partial charge in [0.2, 0.25) is 0 Å². The van der Waals surface area contributed by atoms with Crippen LogP contribution in [0.1, 0.15) is 76.3 Å². The van der Waals surface area contributed by atoms with Crippen molar-refractivity contribution in [1.29, 1.82) is 0 Å². The van der Waals surface area contributed by atoms with Crippen LogP contribution in [0.25, 0.3) is 5.57 Å². The zero-order chi connectivity index (χ0) is 20.0. The minimum Gasteiger partial charge on any atom is -0.508 e. The highest BCUT2D eigenvalue weighted by molar-refractivity contribution is 5.66. The summed E-state index contributed by atoms with van der Waals surface area (Å²) < 4.78 is 0. The van der Waals surface area contributed by atoms with E-state index in [1.165, 1.54) is 55.2 Å². The number of aromatic hydroxyl groups is 2. The predicted molar refractivity (Wildman–Crippen MR) is 118 cm³/mol. The van der Waals surface area contributed by atoms with Crippen LogP contribution in [0.3, 0.4) is 0 Å². The van der Waals surface area contributed by atoms with E-state index < -0.39 is 0 Å². The molecule has 0 amide bonds. The third-order valence-electron chi connectivity index (χ3n) is 6.63. The molecule has 0 bridgehead atoms. The van der Waals surface area contributed by atoms with Gasteiger partial charge in [-0.15, -0.1) is 0 Å². The van der Waals surface area contributed by atoms with Crippen LogP contribution >= 0.6 is 0 Å². The van der Waals surface area contributed by atoms with E-state index in [0.717, 1.165) is 12.8 Å². The average molecular weight is 379 g/mol. The Bertz CT molecular complexity index is 773. The third-order valence-corrected chi connectivity index (χ3v) is 6.63. The number of unbranched alkanes of at least 4 members (excludes halogenated alkanes) is 3. The maximum Gasteiger partial charge on any atom is 0.115 e. The number of allylic oxidation sites excluding steroid dienone is 2. The average Bonchev–Trinajstić information content (AvgIpc) is 2.72. The van der Waals surface area contributed by atoms with Crippen LogP contribution in [0, 0.1) is 5.92 Å². The molecule has 150 valence electrons. The Hall–Kier alpha value is -2.22. The SMILES string of the molecule is CCCCCCC(C)(c1ccc(O)cc1)C1CC=C(c2ccc(O)cc2)CC1. The Balaban J connectivity index is 1.78. The molecule has 0 spiro atoms. The molecule has 2 aromatic rings. The highest BCUT2D eigenvalue weighted by Crippen LogP contribution is 2.45. The molecule has 2 N–H and O–H groups in total. The number of hydrogen-bond donors (Lipinski definition) is 2. The van der Waals surface area contributed by atoms with E-state index in [0.29, 0.717) is 17.4 Å². The van der Waals surface area contributed by atoms with Crippen molar-refractivity contribution >= 4 is 5.57 Å². The van der Waals surface area contributed by atoms with E-state index in [1.807, 2.05) is 24.3 Å². The van der Waals surface area contributed by atoms with Crippen molar-refractivity contribution < 1.29 is 10.2 Å². The van der Waals surface area contributed by atoms with E-state index in [-0.39, 0.29) is 5.41 Å². The molecule has 0 fully saturated rings. The Morgan fingerprint density at radius 2 is 1.54 bits per heavy atom. The fraction of sp³-hybridized carbons (Fsp3) is 0.462. The van der Waals surface area contributed by atoms with E-state index >= 15 is 0 Å². The molecule has 3 rings (SSSR count). The molecule has 2 aromatic carbocycles. The van der Waals surface area contributed by atoms with Gasteiger partial charge in [0, 0.05) is 0 Å². The molecular weight excluding hydrogens is 344 g/mol. The van der Waals surface area contributed by atoms with E-state index in [4.69, 9.17) is 0 Å². The second kappa shape index (κ2) is 9.32. The fourth-order valence-corrected chi connectivity index (χ4v) is 4.70. The number of phenolic OH excluding ortho intramolecular Hbond substituents is 2.